The van der Waals surface area contributed by atoms with Gasteiger partial charge in [-0.3, -0.25) is 4.79 Å². The molecule has 1 aliphatic rings. The largest absolute Gasteiger partial charge is 0.497 e. The highest BCUT2D eigenvalue weighted by molar-refractivity contribution is 7.92. The SMILES string of the molecule is COc1ccc(S(=O)(=O)C2CCN(C(=O)c3ccccc3C)CC2)cc1. The number of hydrogen-bond donors (Lipinski definition) is 0. The summed E-state index contributed by atoms with van der Waals surface area (Å²) < 4.78 is 30.8. The highest BCUT2D eigenvalue weighted by Crippen LogP contribution is 2.27. The summed E-state index contributed by atoms with van der Waals surface area (Å²) in [4.78, 5) is 14.7. The van der Waals surface area contributed by atoms with E-state index in [-0.39, 0.29) is 5.91 Å². The van der Waals surface area contributed by atoms with Crippen molar-refractivity contribution in [3.63, 3.8) is 0 Å². The Bertz CT molecular complexity index is 882. The van der Waals surface area contributed by atoms with Gasteiger partial charge in [-0.2, -0.15) is 0 Å². The van der Waals surface area contributed by atoms with E-state index in [1.165, 1.54) is 0 Å². The van der Waals surface area contributed by atoms with Crippen molar-refractivity contribution in [1.29, 1.82) is 0 Å². The molecule has 138 valence electrons. The maximum Gasteiger partial charge on any atom is 0.254 e. The van der Waals surface area contributed by atoms with Crippen molar-refractivity contribution in [2.24, 2.45) is 0 Å². The van der Waals surface area contributed by atoms with Gasteiger partial charge < -0.3 is 9.64 Å². The first-order valence-corrected chi connectivity index (χ1v) is 10.2. The summed E-state index contributed by atoms with van der Waals surface area (Å²) in [6, 6.07) is 14.0. The smallest absolute Gasteiger partial charge is 0.254 e. The molecule has 0 aliphatic carbocycles. The van der Waals surface area contributed by atoms with Crippen molar-refractivity contribution in [3.05, 3.63) is 59.7 Å². The van der Waals surface area contributed by atoms with E-state index < -0.39 is 15.1 Å². The van der Waals surface area contributed by atoms with Gasteiger partial charge in [-0.15, -0.1) is 0 Å². The molecule has 0 N–H and O–H groups in total. The van der Waals surface area contributed by atoms with Crippen LogP contribution in [0, 0.1) is 6.92 Å². The van der Waals surface area contributed by atoms with Crippen LogP contribution in [0.4, 0.5) is 0 Å². The van der Waals surface area contributed by atoms with E-state index in [1.54, 1.807) is 36.3 Å². The van der Waals surface area contributed by atoms with Crippen molar-refractivity contribution < 1.29 is 17.9 Å². The molecule has 0 saturated carbocycles. The number of carbonyl (C=O) groups is 1. The fourth-order valence-corrected chi connectivity index (χ4v) is 5.04. The van der Waals surface area contributed by atoms with Gasteiger partial charge in [-0.1, -0.05) is 18.2 Å². The third kappa shape index (κ3) is 3.60. The number of nitrogens with zero attached hydrogens (tertiary/aromatic N) is 1. The van der Waals surface area contributed by atoms with Crippen LogP contribution >= 0.6 is 0 Å². The predicted octanol–water partition coefficient (Wildman–Crippen LogP) is 3.08. The van der Waals surface area contributed by atoms with Crippen LogP contribution in [0.15, 0.2) is 53.4 Å². The Labute approximate surface area is 154 Å². The van der Waals surface area contributed by atoms with Crippen molar-refractivity contribution in [2.75, 3.05) is 20.2 Å². The van der Waals surface area contributed by atoms with E-state index >= 15 is 0 Å². The molecule has 1 heterocycles. The van der Waals surface area contributed by atoms with Crippen molar-refractivity contribution in [3.8, 4) is 5.75 Å². The average Bonchev–Trinajstić information content (AvgIpc) is 2.68. The second-order valence-corrected chi connectivity index (χ2v) is 8.76. The number of aryl methyl sites for hydroxylation is 1. The molecule has 0 radical (unpaired) electrons. The molecule has 1 aliphatic heterocycles. The van der Waals surface area contributed by atoms with Crippen LogP contribution in [0.1, 0.15) is 28.8 Å². The van der Waals surface area contributed by atoms with Crippen LogP contribution < -0.4 is 4.74 Å². The van der Waals surface area contributed by atoms with Crippen LogP contribution in [0.5, 0.6) is 5.75 Å². The summed E-state index contributed by atoms with van der Waals surface area (Å²) in [5.74, 6) is 0.603. The van der Waals surface area contributed by atoms with E-state index in [1.807, 2.05) is 31.2 Å². The molecule has 0 unspecified atom stereocenters. The highest BCUT2D eigenvalue weighted by atomic mass is 32.2. The van der Waals surface area contributed by atoms with E-state index in [2.05, 4.69) is 0 Å². The number of methoxy groups -OCH3 is 1. The minimum absolute atomic E-state index is 0.0246. The number of amides is 1. The Hall–Kier alpha value is -2.34. The van der Waals surface area contributed by atoms with Crippen LogP contribution in [0.3, 0.4) is 0 Å². The van der Waals surface area contributed by atoms with Crippen LogP contribution in [0.25, 0.3) is 0 Å². The van der Waals surface area contributed by atoms with Crippen molar-refractivity contribution >= 4 is 15.7 Å². The molecule has 0 spiro atoms. The molecule has 2 aromatic rings. The van der Waals surface area contributed by atoms with Crippen LogP contribution in [-0.2, 0) is 9.84 Å². The minimum Gasteiger partial charge on any atom is -0.497 e. The Balaban J connectivity index is 1.69. The summed E-state index contributed by atoms with van der Waals surface area (Å²) in [5, 5.41) is -0.461. The van der Waals surface area contributed by atoms with Crippen molar-refractivity contribution in [1.82, 2.24) is 4.90 Å². The van der Waals surface area contributed by atoms with Gasteiger partial charge in [-0.25, -0.2) is 8.42 Å². The Morgan fingerprint density at radius 1 is 1.04 bits per heavy atom. The third-order valence-corrected chi connectivity index (χ3v) is 7.21. The molecule has 0 aromatic heterocycles. The molecular weight excluding hydrogens is 350 g/mol. The van der Waals surface area contributed by atoms with Gasteiger partial charge in [0.05, 0.1) is 17.3 Å². The standard InChI is InChI=1S/C20H23NO4S/c1-15-5-3-4-6-19(15)20(22)21-13-11-18(12-14-21)26(23,24)17-9-7-16(25-2)8-10-17/h3-10,18H,11-14H2,1-2H3. The lowest BCUT2D eigenvalue weighted by molar-refractivity contribution is 0.0725. The molecule has 0 atom stereocenters. The third-order valence-electron chi connectivity index (χ3n) is 4.93. The molecule has 1 fully saturated rings. The maximum atomic E-state index is 12.8. The zero-order valence-electron chi connectivity index (χ0n) is 15.0. The molecule has 6 heteroatoms. The van der Waals surface area contributed by atoms with Gasteiger partial charge >= 0.3 is 0 Å². The van der Waals surface area contributed by atoms with E-state index in [0.717, 1.165) is 5.56 Å². The molecular formula is C20H23NO4S. The maximum absolute atomic E-state index is 12.8. The van der Waals surface area contributed by atoms with Gasteiger partial charge in [-0.05, 0) is 55.7 Å². The predicted molar refractivity (Wildman–Crippen MR) is 100 cm³/mol. The van der Waals surface area contributed by atoms with E-state index in [0.29, 0.717) is 42.1 Å². The summed E-state index contributed by atoms with van der Waals surface area (Å²) in [5.41, 5.74) is 1.62. The van der Waals surface area contributed by atoms with Crippen LogP contribution in [0.2, 0.25) is 0 Å². The van der Waals surface area contributed by atoms with E-state index in [4.69, 9.17) is 4.74 Å². The monoisotopic (exact) mass is 373 g/mol. The normalized spacial score (nSPS) is 15.7. The summed E-state index contributed by atoms with van der Waals surface area (Å²) >= 11 is 0. The Morgan fingerprint density at radius 2 is 1.65 bits per heavy atom. The van der Waals surface area contributed by atoms with E-state index in [9.17, 15) is 13.2 Å². The molecule has 3 rings (SSSR count). The minimum atomic E-state index is -3.40. The molecule has 5 nitrogen and oxygen atoms in total. The first-order chi connectivity index (χ1) is 12.4. The van der Waals surface area contributed by atoms with Gasteiger partial charge in [0.25, 0.3) is 5.91 Å². The number of carbonyl (C=O) groups excluding carboxylic acids is 1. The fourth-order valence-electron chi connectivity index (χ4n) is 3.31. The number of hydrogen-bond acceptors (Lipinski definition) is 4. The quantitative estimate of drug-likeness (QED) is 0.826. The zero-order chi connectivity index (χ0) is 18.7. The average molecular weight is 373 g/mol. The molecule has 1 saturated heterocycles. The second kappa shape index (κ2) is 7.50. The number of sulfone groups is 1. The van der Waals surface area contributed by atoms with Gasteiger partial charge in [0, 0.05) is 18.7 Å². The second-order valence-electron chi connectivity index (χ2n) is 6.53. The fraction of sp³-hybridized carbons (Fsp3) is 0.350. The lowest BCUT2D eigenvalue weighted by Crippen LogP contribution is -2.42. The number of benzene rings is 2. The lowest BCUT2D eigenvalue weighted by atomic mass is 10.1. The van der Waals surface area contributed by atoms with Crippen molar-refractivity contribution in [2.45, 2.75) is 29.9 Å². The first kappa shape index (κ1) is 18.5. The highest BCUT2D eigenvalue weighted by Gasteiger charge is 2.33. The lowest BCUT2D eigenvalue weighted by Gasteiger charge is -2.32. The van der Waals surface area contributed by atoms with Gasteiger partial charge in [0.2, 0.25) is 0 Å². The van der Waals surface area contributed by atoms with Gasteiger partial charge in [0.1, 0.15) is 5.75 Å². The Kier molecular flexibility index (Phi) is 5.32. The number of likely N-dealkylation sites (tertiary alicyclic amines) is 1. The number of piperidine rings is 1. The molecule has 1 amide bonds. The summed E-state index contributed by atoms with van der Waals surface area (Å²) in [7, 11) is -1.86. The topological polar surface area (TPSA) is 63.7 Å². The summed E-state index contributed by atoms with van der Waals surface area (Å²) in [6.07, 6.45) is 0.901. The zero-order valence-corrected chi connectivity index (χ0v) is 15.8. The number of ether oxygens (including phenoxy) is 1. The molecule has 2 aromatic carbocycles. The first-order valence-electron chi connectivity index (χ1n) is 8.66. The Morgan fingerprint density at radius 3 is 2.23 bits per heavy atom. The van der Waals surface area contributed by atoms with Gasteiger partial charge in [0.15, 0.2) is 9.84 Å². The van der Waals surface area contributed by atoms with Crippen LogP contribution in [-0.4, -0.2) is 44.7 Å². The summed E-state index contributed by atoms with van der Waals surface area (Å²) in [6.45, 7) is 2.81. The molecule has 26 heavy (non-hydrogen) atoms. The molecule has 0 bridgehead atoms. The number of rotatable bonds is 4.